The molecule has 0 bridgehead atoms. The van der Waals surface area contributed by atoms with E-state index in [1.807, 2.05) is 18.2 Å². The fourth-order valence-electron chi connectivity index (χ4n) is 0.968. The third-order valence-electron chi connectivity index (χ3n) is 1.64. The highest BCUT2D eigenvalue weighted by molar-refractivity contribution is 7.80. The highest BCUT2D eigenvalue weighted by Crippen LogP contribution is 2.10. The Morgan fingerprint density at radius 2 is 2.50 bits per heavy atom. The molecule has 76 valence electrons. The Morgan fingerprint density at radius 1 is 1.64 bits per heavy atom. The Labute approximate surface area is 88.1 Å². The summed E-state index contributed by atoms with van der Waals surface area (Å²) in [5, 5.41) is 2.88. The molecule has 1 rings (SSSR count). The Kier molecular flexibility index (Phi) is 5.11. The van der Waals surface area contributed by atoms with Gasteiger partial charge < -0.3 is 4.74 Å². The number of halogens is 1. The van der Waals surface area contributed by atoms with Gasteiger partial charge in [-0.05, 0) is 12.2 Å². The number of nitrogens with one attached hydrogen (secondary N) is 1. The average molecular weight is 213 g/mol. The van der Waals surface area contributed by atoms with Gasteiger partial charge in [-0.25, -0.2) is 4.39 Å². The van der Waals surface area contributed by atoms with Crippen molar-refractivity contribution in [1.82, 2.24) is 5.32 Å². The second-order valence-corrected chi connectivity index (χ2v) is 3.18. The Bertz CT molecular complexity index is 284. The number of hydrogen-bond donors (Lipinski definition) is 1. The Balaban J connectivity index is 2.20. The van der Waals surface area contributed by atoms with Crippen molar-refractivity contribution in [3.05, 3.63) is 36.4 Å². The van der Waals surface area contributed by atoms with Gasteiger partial charge in [-0.1, -0.05) is 24.4 Å². The van der Waals surface area contributed by atoms with E-state index >= 15 is 0 Å². The molecule has 14 heavy (non-hydrogen) atoms. The van der Waals surface area contributed by atoms with Gasteiger partial charge in [0.25, 0.3) is 0 Å². The molecule has 0 aromatic rings. The van der Waals surface area contributed by atoms with Crippen LogP contribution in [0.15, 0.2) is 36.4 Å². The molecule has 0 saturated heterocycles. The van der Waals surface area contributed by atoms with E-state index in [1.54, 1.807) is 0 Å². The normalized spacial score (nSPS) is 16.1. The lowest BCUT2D eigenvalue weighted by Gasteiger charge is -2.12. The van der Waals surface area contributed by atoms with Gasteiger partial charge in [0.05, 0.1) is 11.2 Å². The molecule has 0 heterocycles. The van der Waals surface area contributed by atoms with Crippen LogP contribution in [0.3, 0.4) is 0 Å². The summed E-state index contributed by atoms with van der Waals surface area (Å²) in [6, 6.07) is 0. The van der Waals surface area contributed by atoms with E-state index in [1.165, 1.54) is 6.08 Å². The van der Waals surface area contributed by atoms with Crippen molar-refractivity contribution >= 4 is 17.1 Å². The fraction of sp³-hybridized carbons (Fsp3) is 0.300. The standard InChI is InChI=1S/C10H12FNOS/c11-6-3-7-12-8-13-9-4-1-2-5-10(9)14/h1-4,6,12H,5,7-8H2. The van der Waals surface area contributed by atoms with Gasteiger partial charge in [0.2, 0.25) is 0 Å². The van der Waals surface area contributed by atoms with E-state index in [0.29, 0.717) is 19.6 Å². The molecule has 2 nitrogen and oxygen atoms in total. The molecule has 0 aliphatic heterocycles. The van der Waals surface area contributed by atoms with Crippen molar-refractivity contribution in [2.45, 2.75) is 6.42 Å². The van der Waals surface area contributed by atoms with Crippen molar-refractivity contribution in [2.75, 3.05) is 13.3 Å². The third-order valence-corrected chi connectivity index (χ3v) is 2.01. The number of hydrogen-bond acceptors (Lipinski definition) is 3. The lowest BCUT2D eigenvalue weighted by atomic mass is 10.2. The number of ether oxygens (including phenoxy) is 1. The molecule has 0 saturated carbocycles. The summed E-state index contributed by atoms with van der Waals surface area (Å²) in [4.78, 5) is 0.801. The Morgan fingerprint density at radius 3 is 3.21 bits per heavy atom. The zero-order valence-corrected chi connectivity index (χ0v) is 8.52. The summed E-state index contributed by atoms with van der Waals surface area (Å²) in [6.07, 6.45) is 8.35. The zero-order chi connectivity index (χ0) is 10.2. The molecule has 0 atom stereocenters. The molecule has 1 aliphatic carbocycles. The Hall–Kier alpha value is -1.00. The second-order valence-electron chi connectivity index (χ2n) is 2.69. The third kappa shape index (κ3) is 3.81. The fourth-order valence-corrected chi connectivity index (χ4v) is 1.19. The molecule has 1 N–H and O–H groups in total. The molecular formula is C10H12FNOS. The van der Waals surface area contributed by atoms with Gasteiger partial charge >= 0.3 is 0 Å². The van der Waals surface area contributed by atoms with E-state index in [9.17, 15) is 4.39 Å². The SMILES string of the molecule is FC=CCNCOC1=CC=CCC1=S. The van der Waals surface area contributed by atoms with Crippen LogP contribution in [0.25, 0.3) is 0 Å². The minimum absolute atomic E-state index is 0.337. The smallest absolute Gasteiger partial charge is 0.139 e. The van der Waals surface area contributed by atoms with Crippen LogP contribution in [0.2, 0.25) is 0 Å². The first-order valence-corrected chi connectivity index (χ1v) is 4.74. The van der Waals surface area contributed by atoms with E-state index in [0.717, 1.165) is 17.0 Å². The molecule has 0 fully saturated rings. The van der Waals surface area contributed by atoms with Crippen LogP contribution in [0.5, 0.6) is 0 Å². The first kappa shape index (κ1) is 11.1. The molecule has 4 heteroatoms. The molecule has 0 aromatic carbocycles. The van der Waals surface area contributed by atoms with Crippen LogP contribution in [-0.2, 0) is 4.74 Å². The first-order valence-electron chi connectivity index (χ1n) is 4.33. The van der Waals surface area contributed by atoms with Gasteiger partial charge in [0.1, 0.15) is 12.5 Å². The highest BCUT2D eigenvalue weighted by Gasteiger charge is 2.06. The van der Waals surface area contributed by atoms with Crippen molar-refractivity contribution in [2.24, 2.45) is 0 Å². The molecule has 0 spiro atoms. The monoisotopic (exact) mass is 213 g/mol. The van der Waals surface area contributed by atoms with Crippen LogP contribution in [0.4, 0.5) is 4.39 Å². The van der Waals surface area contributed by atoms with Gasteiger partial charge in [-0.3, -0.25) is 5.32 Å². The van der Waals surface area contributed by atoms with Crippen LogP contribution in [-0.4, -0.2) is 18.1 Å². The van der Waals surface area contributed by atoms with Crippen molar-refractivity contribution in [3.8, 4) is 0 Å². The maximum atomic E-state index is 11.5. The van der Waals surface area contributed by atoms with Crippen LogP contribution in [0, 0.1) is 0 Å². The molecule has 1 aliphatic rings. The summed E-state index contributed by atoms with van der Waals surface area (Å²) in [5.74, 6) is 0.722. The van der Waals surface area contributed by atoms with E-state index in [2.05, 4.69) is 5.32 Å². The maximum Gasteiger partial charge on any atom is 0.139 e. The van der Waals surface area contributed by atoms with Crippen LogP contribution < -0.4 is 5.32 Å². The van der Waals surface area contributed by atoms with Crippen molar-refractivity contribution in [3.63, 3.8) is 0 Å². The van der Waals surface area contributed by atoms with Gasteiger partial charge in [-0.2, -0.15) is 0 Å². The van der Waals surface area contributed by atoms with E-state index in [-0.39, 0.29) is 0 Å². The zero-order valence-electron chi connectivity index (χ0n) is 7.70. The van der Waals surface area contributed by atoms with Crippen molar-refractivity contribution in [1.29, 1.82) is 0 Å². The van der Waals surface area contributed by atoms with Crippen molar-refractivity contribution < 1.29 is 9.13 Å². The van der Waals surface area contributed by atoms with Crippen LogP contribution >= 0.6 is 12.2 Å². The van der Waals surface area contributed by atoms with E-state index in [4.69, 9.17) is 17.0 Å². The minimum atomic E-state index is 0.337. The first-order chi connectivity index (χ1) is 6.84. The molecular weight excluding hydrogens is 201 g/mol. The number of rotatable bonds is 5. The summed E-state index contributed by atoms with van der Waals surface area (Å²) < 4.78 is 16.9. The predicted octanol–water partition coefficient (Wildman–Crippen LogP) is 2.25. The largest absolute Gasteiger partial charge is 0.477 e. The topological polar surface area (TPSA) is 21.3 Å². The summed E-state index contributed by atoms with van der Waals surface area (Å²) >= 11 is 5.08. The summed E-state index contributed by atoms with van der Waals surface area (Å²) in [5.41, 5.74) is 0. The summed E-state index contributed by atoms with van der Waals surface area (Å²) in [6.45, 7) is 0.788. The quantitative estimate of drug-likeness (QED) is 0.430. The second kappa shape index (κ2) is 6.45. The maximum absolute atomic E-state index is 11.5. The minimum Gasteiger partial charge on any atom is -0.477 e. The molecule has 0 unspecified atom stereocenters. The van der Waals surface area contributed by atoms with Gasteiger partial charge in [-0.15, -0.1) is 0 Å². The van der Waals surface area contributed by atoms with Gasteiger partial charge in [0, 0.05) is 13.0 Å². The highest BCUT2D eigenvalue weighted by atomic mass is 32.1. The molecule has 0 amide bonds. The average Bonchev–Trinajstić information content (AvgIpc) is 2.20. The van der Waals surface area contributed by atoms with Gasteiger partial charge in [0.15, 0.2) is 0 Å². The lowest BCUT2D eigenvalue weighted by Crippen LogP contribution is -2.19. The van der Waals surface area contributed by atoms with E-state index < -0.39 is 0 Å². The summed E-state index contributed by atoms with van der Waals surface area (Å²) in [7, 11) is 0. The molecule has 0 aromatic heterocycles. The van der Waals surface area contributed by atoms with Crippen LogP contribution in [0.1, 0.15) is 6.42 Å². The lowest BCUT2D eigenvalue weighted by molar-refractivity contribution is 0.209. The molecule has 0 radical (unpaired) electrons. The number of allylic oxidation sites excluding steroid dienone is 4. The predicted molar refractivity (Wildman–Crippen MR) is 58.6 cm³/mol. The number of thiocarbonyl (C=S) groups is 1.